The van der Waals surface area contributed by atoms with Gasteiger partial charge in [0, 0.05) is 19.3 Å². The summed E-state index contributed by atoms with van der Waals surface area (Å²) in [6.07, 6.45) is 3.59. The lowest BCUT2D eigenvalue weighted by Gasteiger charge is -2.38. The molecule has 0 saturated carbocycles. The maximum absolute atomic E-state index is 13.0. The zero-order valence-electron chi connectivity index (χ0n) is 12.4. The van der Waals surface area contributed by atoms with Gasteiger partial charge in [0.1, 0.15) is 0 Å². The molecule has 2 saturated heterocycles. The van der Waals surface area contributed by atoms with E-state index >= 15 is 0 Å². The van der Waals surface area contributed by atoms with Gasteiger partial charge in [0.05, 0.1) is 5.41 Å². The molecule has 2 aliphatic heterocycles. The maximum Gasteiger partial charge on any atom is 0.230 e. The van der Waals surface area contributed by atoms with Gasteiger partial charge in [-0.05, 0) is 44.3 Å². The monoisotopic (exact) mass is 288 g/mol. The van der Waals surface area contributed by atoms with Gasteiger partial charge < -0.3 is 15.4 Å². The van der Waals surface area contributed by atoms with E-state index < -0.39 is 0 Å². The van der Waals surface area contributed by atoms with E-state index in [9.17, 15) is 4.79 Å². The van der Waals surface area contributed by atoms with Crippen LogP contribution in [0.15, 0.2) is 30.3 Å². The Kier molecular flexibility index (Phi) is 4.56. The van der Waals surface area contributed by atoms with E-state index in [1.165, 1.54) is 0 Å². The Morgan fingerprint density at radius 2 is 1.81 bits per heavy atom. The van der Waals surface area contributed by atoms with Gasteiger partial charge in [-0.2, -0.15) is 0 Å². The summed E-state index contributed by atoms with van der Waals surface area (Å²) in [6, 6.07) is 10.5. The molecule has 1 aromatic carbocycles. The number of amides is 1. The maximum atomic E-state index is 13.0. The van der Waals surface area contributed by atoms with Crippen LogP contribution in [-0.2, 0) is 14.9 Å². The van der Waals surface area contributed by atoms with Crippen LogP contribution in [-0.4, -0.2) is 38.3 Å². The van der Waals surface area contributed by atoms with E-state index in [2.05, 4.69) is 22.8 Å². The molecule has 0 radical (unpaired) electrons. The Balaban J connectivity index is 1.79. The lowest BCUT2D eigenvalue weighted by Crippen LogP contribution is -2.53. The minimum absolute atomic E-state index is 0.196. The van der Waals surface area contributed by atoms with Gasteiger partial charge in [-0.3, -0.25) is 4.79 Å². The number of nitrogens with one attached hydrogen (secondary N) is 2. The van der Waals surface area contributed by atoms with Gasteiger partial charge in [-0.1, -0.05) is 30.3 Å². The minimum Gasteiger partial charge on any atom is -0.381 e. The van der Waals surface area contributed by atoms with Crippen LogP contribution in [0.3, 0.4) is 0 Å². The SMILES string of the molecule is O=C(NC1CCOCC1)C1(c2ccccc2)CCNCC1. The number of hydrogen-bond acceptors (Lipinski definition) is 3. The molecule has 3 rings (SSSR count). The Bertz CT molecular complexity index is 463. The highest BCUT2D eigenvalue weighted by atomic mass is 16.5. The molecule has 0 aromatic heterocycles. The first-order chi connectivity index (χ1) is 10.3. The summed E-state index contributed by atoms with van der Waals surface area (Å²) in [4.78, 5) is 13.0. The van der Waals surface area contributed by atoms with Crippen molar-refractivity contribution >= 4 is 5.91 Å². The number of piperidine rings is 1. The number of carbonyl (C=O) groups excluding carboxylic acids is 1. The highest BCUT2D eigenvalue weighted by Gasteiger charge is 2.41. The number of benzene rings is 1. The second-order valence-corrected chi connectivity index (χ2v) is 6.06. The Labute approximate surface area is 126 Å². The van der Waals surface area contributed by atoms with Gasteiger partial charge in [0.15, 0.2) is 0 Å². The number of ether oxygens (including phenoxy) is 1. The minimum atomic E-state index is -0.370. The molecule has 4 heteroatoms. The fourth-order valence-electron chi connectivity index (χ4n) is 3.42. The molecular weight excluding hydrogens is 264 g/mol. The third-order valence-corrected chi connectivity index (χ3v) is 4.77. The summed E-state index contributed by atoms with van der Waals surface area (Å²) in [5.41, 5.74) is 0.779. The standard InChI is InChI=1S/C17H24N2O2/c20-16(19-15-6-12-21-13-7-15)17(8-10-18-11-9-17)14-4-2-1-3-5-14/h1-5,15,18H,6-13H2,(H,19,20). The van der Waals surface area contributed by atoms with Crippen molar-refractivity contribution in [1.82, 2.24) is 10.6 Å². The lowest BCUT2D eigenvalue weighted by atomic mass is 9.72. The fraction of sp³-hybridized carbons (Fsp3) is 0.588. The molecule has 2 N–H and O–H groups in total. The quantitative estimate of drug-likeness (QED) is 0.888. The van der Waals surface area contributed by atoms with Crippen LogP contribution in [0.5, 0.6) is 0 Å². The van der Waals surface area contributed by atoms with E-state index in [1.807, 2.05) is 18.2 Å². The third kappa shape index (κ3) is 3.11. The van der Waals surface area contributed by atoms with Crippen molar-refractivity contribution in [3.05, 3.63) is 35.9 Å². The highest BCUT2D eigenvalue weighted by Crippen LogP contribution is 2.34. The summed E-state index contributed by atoms with van der Waals surface area (Å²) >= 11 is 0. The molecule has 2 aliphatic rings. The molecule has 4 nitrogen and oxygen atoms in total. The largest absolute Gasteiger partial charge is 0.381 e. The Hall–Kier alpha value is -1.39. The summed E-state index contributed by atoms with van der Waals surface area (Å²) in [6.45, 7) is 3.31. The third-order valence-electron chi connectivity index (χ3n) is 4.77. The number of hydrogen-bond donors (Lipinski definition) is 2. The second-order valence-electron chi connectivity index (χ2n) is 6.06. The van der Waals surface area contributed by atoms with Gasteiger partial charge in [0.25, 0.3) is 0 Å². The summed E-state index contributed by atoms with van der Waals surface area (Å²) in [7, 11) is 0. The predicted molar refractivity (Wildman–Crippen MR) is 82.2 cm³/mol. The van der Waals surface area contributed by atoms with Crippen molar-refractivity contribution in [3.63, 3.8) is 0 Å². The van der Waals surface area contributed by atoms with Crippen molar-refractivity contribution in [3.8, 4) is 0 Å². The average molecular weight is 288 g/mol. The normalized spacial score (nSPS) is 22.7. The van der Waals surface area contributed by atoms with Gasteiger partial charge >= 0.3 is 0 Å². The summed E-state index contributed by atoms with van der Waals surface area (Å²) in [5, 5.41) is 6.65. The highest BCUT2D eigenvalue weighted by molar-refractivity contribution is 5.88. The molecule has 0 unspecified atom stereocenters. The first-order valence-electron chi connectivity index (χ1n) is 7.96. The summed E-state index contributed by atoms with van der Waals surface area (Å²) < 4.78 is 5.38. The molecule has 21 heavy (non-hydrogen) atoms. The van der Waals surface area contributed by atoms with Crippen molar-refractivity contribution in [2.45, 2.75) is 37.1 Å². The van der Waals surface area contributed by atoms with Gasteiger partial charge in [0.2, 0.25) is 5.91 Å². The Morgan fingerprint density at radius 1 is 1.14 bits per heavy atom. The van der Waals surface area contributed by atoms with Crippen LogP contribution in [0.4, 0.5) is 0 Å². The van der Waals surface area contributed by atoms with Crippen LogP contribution < -0.4 is 10.6 Å². The van der Waals surface area contributed by atoms with Crippen molar-refractivity contribution < 1.29 is 9.53 Å². The first-order valence-corrected chi connectivity index (χ1v) is 7.96. The smallest absolute Gasteiger partial charge is 0.230 e. The van der Waals surface area contributed by atoms with Crippen LogP contribution in [0.25, 0.3) is 0 Å². The first kappa shape index (κ1) is 14.5. The van der Waals surface area contributed by atoms with Crippen molar-refractivity contribution in [1.29, 1.82) is 0 Å². The Morgan fingerprint density at radius 3 is 2.48 bits per heavy atom. The number of carbonyl (C=O) groups is 1. The molecule has 0 aliphatic carbocycles. The van der Waals surface area contributed by atoms with Crippen molar-refractivity contribution in [2.24, 2.45) is 0 Å². The van der Waals surface area contributed by atoms with Crippen LogP contribution in [0, 0.1) is 0 Å². The molecule has 2 fully saturated rings. The molecule has 0 spiro atoms. The van der Waals surface area contributed by atoms with E-state index in [-0.39, 0.29) is 17.4 Å². The molecule has 1 aromatic rings. The van der Waals surface area contributed by atoms with E-state index in [4.69, 9.17) is 4.74 Å². The van der Waals surface area contributed by atoms with E-state index in [0.717, 1.165) is 57.6 Å². The topological polar surface area (TPSA) is 50.4 Å². The van der Waals surface area contributed by atoms with Gasteiger partial charge in [-0.15, -0.1) is 0 Å². The average Bonchev–Trinajstić information content (AvgIpc) is 2.57. The van der Waals surface area contributed by atoms with Crippen LogP contribution >= 0.6 is 0 Å². The van der Waals surface area contributed by atoms with E-state index in [0.29, 0.717) is 0 Å². The molecule has 114 valence electrons. The molecule has 0 atom stereocenters. The molecule has 1 amide bonds. The zero-order valence-corrected chi connectivity index (χ0v) is 12.4. The zero-order chi connectivity index (χ0) is 14.5. The van der Waals surface area contributed by atoms with Crippen molar-refractivity contribution in [2.75, 3.05) is 26.3 Å². The molecule has 0 bridgehead atoms. The lowest BCUT2D eigenvalue weighted by molar-refractivity contribution is -0.129. The number of rotatable bonds is 3. The molecular formula is C17H24N2O2. The van der Waals surface area contributed by atoms with E-state index in [1.54, 1.807) is 0 Å². The second kappa shape index (κ2) is 6.58. The van der Waals surface area contributed by atoms with Crippen LogP contribution in [0.2, 0.25) is 0 Å². The van der Waals surface area contributed by atoms with Crippen LogP contribution in [0.1, 0.15) is 31.2 Å². The molecule has 2 heterocycles. The summed E-state index contributed by atoms with van der Waals surface area (Å²) in [5.74, 6) is 0.196. The predicted octanol–water partition coefficient (Wildman–Crippen LogP) is 1.60. The van der Waals surface area contributed by atoms with Gasteiger partial charge in [-0.25, -0.2) is 0 Å². The fourth-order valence-corrected chi connectivity index (χ4v) is 3.42.